The van der Waals surface area contributed by atoms with E-state index in [1.165, 1.54) is 104 Å². The van der Waals surface area contributed by atoms with E-state index in [4.69, 9.17) is 4.98 Å². The molecule has 0 amide bonds. The predicted molar refractivity (Wildman–Crippen MR) is 245 cm³/mol. The molecule has 0 N–H and O–H groups in total. The second-order valence-electron chi connectivity index (χ2n) is 16.4. The molecule has 0 saturated heterocycles. The standard InChI is InChI=1S/C56H38N2/c1-56(2)51-32-38(35-20-22-36(23-21-35)40-31-50-44-16-7-6-14-42(44)43-15-8-9-18-48(43)55(50)57-34-40)24-27-45(51)46-28-25-39(33-52(46)56)37-26-29-54-49(30-37)47-17-10-11-19-53(47)58(54)41-12-4-3-5-13-41/h3-34H,1-2H3. The van der Waals surface area contributed by atoms with Crippen molar-refractivity contribution >= 4 is 54.3 Å². The Kier molecular flexibility index (Phi) is 7.01. The molecule has 2 nitrogen and oxygen atoms in total. The average molecular weight is 739 g/mol. The Morgan fingerprint density at radius 1 is 0.362 bits per heavy atom. The summed E-state index contributed by atoms with van der Waals surface area (Å²) >= 11 is 0. The highest BCUT2D eigenvalue weighted by Gasteiger charge is 2.36. The number of fused-ring (bicyclic) bond motifs is 12. The van der Waals surface area contributed by atoms with Gasteiger partial charge in [-0.15, -0.1) is 0 Å². The maximum Gasteiger partial charge on any atom is 0.0787 e. The maximum atomic E-state index is 5.05. The molecule has 2 heteroatoms. The fraction of sp³-hybridized carbons (Fsp3) is 0.0536. The van der Waals surface area contributed by atoms with E-state index in [0.717, 1.165) is 11.1 Å². The van der Waals surface area contributed by atoms with Crippen LogP contribution in [-0.4, -0.2) is 9.55 Å². The van der Waals surface area contributed by atoms with Crippen LogP contribution in [0.15, 0.2) is 194 Å². The van der Waals surface area contributed by atoms with Gasteiger partial charge in [0.2, 0.25) is 0 Å². The number of pyridine rings is 1. The van der Waals surface area contributed by atoms with Gasteiger partial charge < -0.3 is 4.57 Å². The van der Waals surface area contributed by atoms with Gasteiger partial charge in [-0.3, -0.25) is 4.98 Å². The Morgan fingerprint density at radius 3 is 1.52 bits per heavy atom. The molecule has 0 saturated carbocycles. The van der Waals surface area contributed by atoms with E-state index in [0.29, 0.717) is 0 Å². The highest BCUT2D eigenvalue weighted by molar-refractivity contribution is 6.24. The molecule has 12 rings (SSSR count). The van der Waals surface area contributed by atoms with Gasteiger partial charge in [-0.05, 0) is 115 Å². The van der Waals surface area contributed by atoms with E-state index in [1.54, 1.807) is 0 Å². The van der Waals surface area contributed by atoms with Gasteiger partial charge in [-0.2, -0.15) is 0 Å². The summed E-state index contributed by atoms with van der Waals surface area (Å²) in [4.78, 5) is 5.05. The number of rotatable bonds is 4. The van der Waals surface area contributed by atoms with Gasteiger partial charge in [0.25, 0.3) is 0 Å². The minimum atomic E-state index is -0.145. The highest BCUT2D eigenvalue weighted by Crippen LogP contribution is 2.51. The first-order valence-electron chi connectivity index (χ1n) is 20.2. The van der Waals surface area contributed by atoms with Crippen LogP contribution in [0.4, 0.5) is 0 Å². The topological polar surface area (TPSA) is 17.8 Å². The van der Waals surface area contributed by atoms with Crippen molar-refractivity contribution in [3.05, 3.63) is 205 Å². The summed E-state index contributed by atoms with van der Waals surface area (Å²) in [6.45, 7) is 4.76. The third kappa shape index (κ3) is 4.82. The lowest BCUT2D eigenvalue weighted by Crippen LogP contribution is -2.15. The van der Waals surface area contributed by atoms with Crippen LogP contribution in [0.2, 0.25) is 0 Å². The molecule has 1 aliphatic carbocycles. The fourth-order valence-corrected chi connectivity index (χ4v) is 9.88. The van der Waals surface area contributed by atoms with Crippen molar-refractivity contribution in [1.82, 2.24) is 9.55 Å². The van der Waals surface area contributed by atoms with Crippen molar-refractivity contribution in [3.8, 4) is 50.2 Å². The molecule has 2 aromatic heterocycles. The number of hydrogen-bond donors (Lipinski definition) is 0. The minimum absolute atomic E-state index is 0.145. The van der Waals surface area contributed by atoms with Crippen LogP contribution in [0.1, 0.15) is 25.0 Å². The van der Waals surface area contributed by atoms with Crippen molar-refractivity contribution in [2.24, 2.45) is 0 Å². The summed E-state index contributed by atoms with van der Waals surface area (Å²) in [7, 11) is 0. The number of para-hydroxylation sites is 2. The van der Waals surface area contributed by atoms with Crippen LogP contribution in [0.3, 0.4) is 0 Å². The third-order valence-corrected chi connectivity index (χ3v) is 12.8. The summed E-state index contributed by atoms with van der Waals surface area (Å²) in [5.74, 6) is 0. The van der Waals surface area contributed by atoms with E-state index in [-0.39, 0.29) is 5.41 Å². The number of benzene rings is 9. The van der Waals surface area contributed by atoms with Gasteiger partial charge in [-0.25, -0.2) is 0 Å². The molecule has 0 atom stereocenters. The molecule has 0 aliphatic heterocycles. The Morgan fingerprint density at radius 2 is 0.828 bits per heavy atom. The molecule has 58 heavy (non-hydrogen) atoms. The van der Waals surface area contributed by atoms with E-state index in [1.807, 2.05) is 6.20 Å². The fourth-order valence-electron chi connectivity index (χ4n) is 9.88. The van der Waals surface area contributed by atoms with E-state index >= 15 is 0 Å². The first kappa shape index (κ1) is 32.9. The molecule has 9 aromatic carbocycles. The lowest BCUT2D eigenvalue weighted by molar-refractivity contribution is 0.661. The van der Waals surface area contributed by atoms with E-state index in [2.05, 4.69) is 206 Å². The summed E-state index contributed by atoms with van der Waals surface area (Å²) in [5, 5.41) is 8.69. The largest absolute Gasteiger partial charge is 0.309 e. The number of hydrogen-bond acceptors (Lipinski definition) is 1. The molecule has 0 spiro atoms. The lowest BCUT2D eigenvalue weighted by atomic mass is 9.80. The Labute approximate surface area is 337 Å². The van der Waals surface area contributed by atoms with Gasteiger partial charge in [-0.1, -0.05) is 153 Å². The zero-order chi connectivity index (χ0) is 38.5. The monoisotopic (exact) mass is 738 g/mol. The van der Waals surface area contributed by atoms with Crippen molar-refractivity contribution in [2.45, 2.75) is 19.3 Å². The quantitative estimate of drug-likeness (QED) is 0.164. The molecule has 272 valence electrons. The van der Waals surface area contributed by atoms with Gasteiger partial charge in [0, 0.05) is 44.4 Å². The molecule has 11 aromatic rings. The second kappa shape index (κ2) is 12.4. The Balaban J connectivity index is 0.882. The highest BCUT2D eigenvalue weighted by atomic mass is 15.0. The average Bonchev–Trinajstić information content (AvgIpc) is 3.74. The van der Waals surface area contributed by atoms with Crippen LogP contribution >= 0.6 is 0 Å². The summed E-state index contributed by atoms with van der Waals surface area (Å²) < 4.78 is 2.38. The van der Waals surface area contributed by atoms with Crippen LogP contribution in [0, 0.1) is 0 Å². The van der Waals surface area contributed by atoms with Crippen LogP contribution in [0.5, 0.6) is 0 Å². The molecule has 0 radical (unpaired) electrons. The molecule has 0 bridgehead atoms. The van der Waals surface area contributed by atoms with Crippen LogP contribution in [0.25, 0.3) is 104 Å². The molecular formula is C56H38N2. The van der Waals surface area contributed by atoms with E-state index < -0.39 is 0 Å². The third-order valence-electron chi connectivity index (χ3n) is 12.8. The molecule has 2 heterocycles. The Bertz CT molecular complexity index is 3420. The van der Waals surface area contributed by atoms with Crippen molar-refractivity contribution < 1.29 is 0 Å². The smallest absolute Gasteiger partial charge is 0.0787 e. The van der Waals surface area contributed by atoms with Crippen molar-refractivity contribution in [1.29, 1.82) is 0 Å². The van der Waals surface area contributed by atoms with Crippen molar-refractivity contribution in [3.63, 3.8) is 0 Å². The van der Waals surface area contributed by atoms with Gasteiger partial charge in [0.1, 0.15) is 0 Å². The zero-order valence-corrected chi connectivity index (χ0v) is 32.4. The Hall–Kier alpha value is -7.29. The summed E-state index contributed by atoms with van der Waals surface area (Å²) in [6, 6.07) is 69.2. The van der Waals surface area contributed by atoms with Gasteiger partial charge in [0.05, 0.1) is 16.6 Å². The molecular weight excluding hydrogens is 701 g/mol. The minimum Gasteiger partial charge on any atom is -0.309 e. The molecule has 0 fully saturated rings. The number of aromatic nitrogens is 2. The van der Waals surface area contributed by atoms with Crippen LogP contribution in [-0.2, 0) is 5.41 Å². The van der Waals surface area contributed by atoms with Gasteiger partial charge in [0.15, 0.2) is 0 Å². The predicted octanol–water partition coefficient (Wildman–Crippen LogP) is 14.9. The summed E-state index contributed by atoms with van der Waals surface area (Å²) in [6.07, 6.45) is 2.03. The lowest BCUT2D eigenvalue weighted by Gasteiger charge is -2.22. The van der Waals surface area contributed by atoms with Gasteiger partial charge >= 0.3 is 0 Å². The normalized spacial score (nSPS) is 13.1. The van der Waals surface area contributed by atoms with Crippen molar-refractivity contribution in [2.75, 3.05) is 0 Å². The second-order valence-corrected chi connectivity index (χ2v) is 16.4. The zero-order valence-electron chi connectivity index (χ0n) is 32.4. The number of nitrogens with zero attached hydrogens (tertiary/aromatic N) is 2. The first-order chi connectivity index (χ1) is 28.5. The SMILES string of the molecule is CC1(C)c2cc(-c3ccc(-c4cnc5c6ccccc6c6ccccc6c5c4)cc3)ccc2-c2ccc(-c3ccc4c(c3)c3ccccc3n4-c3ccccc3)cc21. The molecule has 0 unspecified atom stereocenters. The first-order valence-corrected chi connectivity index (χ1v) is 20.2. The van der Waals surface area contributed by atoms with E-state index in [9.17, 15) is 0 Å². The van der Waals surface area contributed by atoms with Crippen LogP contribution < -0.4 is 0 Å². The molecule has 1 aliphatic rings. The maximum absolute atomic E-state index is 5.05. The summed E-state index contributed by atoms with van der Waals surface area (Å²) in [5.41, 5.74) is 17.2.